The van der Waals surface area contributed by atoms with Crippen LogP contribution in [0.4, 0.5) is 9.18 Å². The molecule has 2 rings (SSSR count). The lowest BCUT2D eigenvalue weighted by molar-refractivity contribution is -0.148. The molecule has 27 heavy (non-hydrogen) atoms. The van der Waals surface area contributed by atoms with Crippen LogP contribution in [0.25, 0.3) is 0 Å². The predicted molar refractivity (Wildman–Crippen MR) is 99.6 cm³/mol. The van der Waals surface area contributed by atoms with E-state index in [1.165, 1.54) is 18.2 Å². The second kappa shape index (κ2) is 9.92. The summed E-state index contributed by atoms with van der Waals surface area (Å²) in [5.74, 6) is -1.51. The molecule has 0 radical (unpaired) electrons. The van der Waals surface area contributed by atoms with Gasteiger partial charge in [-0.05, 0) is 23.6 Å². The van der Waals surface area contributed by atoms with Gasteiger partial charge >= 0.3 is 12.1 Å². The van der Waals surface area contributed by atoms with Gasteiger partial charge in [0.05, 0.1) is 5.02 Å². The molecule has 0 bridgehead atoms. The Morgan fingerprint density at radius 1 is 1.04 bits per heavy atom. The van der Waals surface area contributed by atoms with Crippen LogP contribution < -0.4 is 5.32 Å². The average molecular weight is 394 g/mol. The SMILES string of the molecule is CC(C)[C@H](NC(=O)OCc1ccccc1)C(=O)OCc1c(F)cccc1Cl. The molecule has 0 heterocycles. The molecule has 2 aromatic rings. The third kappa shape index (κ3) is 6.25. The van der Waals surface area contributed by atoms with E-state index in [9.17, 15) is 14.0 Å². The van der Waals surface area contributed by atoms with Crippen molar-refractivity contribution in [3.63, 3.8) is 0 Å². The number of benzene rings is 2. The van der Waals surface area contributed by atoms with Gasteiger partial charge in [-0.3, -0.25) is 0 Å². The zero-order valence-corrected chi connectivity index (χ0v) is 15.8. The molecule has 0 spiro atoms. The summed E-state index contributed by atoms with van der Waals surface area (Å²) in [5.41, 5.74) is 0.909. The van der Waals surface area contributed by atoms with Gasteiger partial charge in [0.25, 0.3) is 0 Å². The predicted octanol–water partition coefficient (Wildman–Crippen LogP) is 4.47. The van der Waals surface area contributed by atoms with E-state index in [4.69, 9.17) is 21.1 Å². The zero-order valence-electron chi connectivity index (χ0n) is 15.1. The molecule has 0 saturated heterocycles. The summed E-state index contributed by atoms with van der Waals surface area (Å²) in [6.45, 7) is 3.25. The van der Waals surface area contributed by atoms with Crippen LogP contribution >= 0.6 is 11.6 Å². The Balaban J connectivity index is 1.91. The highest BCUT2D eigenvalue weighted by atomic mass is 35.5. The molecule has 0 fully saturated rings. The zero-order chi connectivity index (χ0) is 19.8. The maximum absolute atomic E-state index is 13.8. The van der Waals surface area contributed by atoms with Crippen LogP contribution in [0, 0.1) is 11.7 Å². The summed E-state index contributed by atoms with van der Waals surface area (Å²) in [4.78, 5) is 24.3. The van der Waals surface area contributed by atoms with Crippen molar-refractivity contribution in [2.75, 3.05) is 0 Å². The van der Waals surface area contributed by atoms with E-state index in [-0.39, 0.29) is 29.7 Å². The number of alkyl carbamates (subject to hydrolysis) is 1. The lowest BCUT2D eigenvalue weighted by atomic mass is 10.1. The molecule has 0 saturated carbocycles. The summed E-state index contributed by atoms with van der Waals surface area (Å²) >= 11 is 5.92. The highest BCUT2D eigenvalue weighted by molar-refractivity contribution is 6.31. The van der Waals surface area contributed by atoms with Crippen molar-refractivity contribution in [2.45, 2.75) is 33.1 Å². The lowest BCUT2D eigenvalue weighted by Crippen LogP contribution is -2.45. The van der Waals surface area contributed by atoms with Gasteiger partial charge in [-0.1, -0.05) is 61.8 Å². The molecule has 2 aromatic carbocycles. The molecular formula is C20H21ClFNO4. The summed E-state index contributed by atoms with van der Waals surface area (Å²) < 4.78 is 24.0. The second-order valence-electron chi connectivity index (χ2n) is 6.24. The monoisotopic (exact) mass is 393 g/mol. The first-order valence-corrected chi connectivity index (χ1v) is 8.83. The Kier molecular flexibility index (Phi) is 7.61. The maximum Gasteiger partial charge on any atom is 0.408 e. The summed E-state index contributed by atoms with van der Waals surface area (Å²) in [5, 5.41) is 2.66. The van der Waals surface area contributed by atoms with Crippen LogP contribution in [0.2, 0.25) is 5.02 Å². The van der Waals surface area contributed by atoms with Gasteiger partial charge < -0.3 is 14.8 Å². The van der Waals surface area contributed by atoms with Gasteiger partial charge in [0, 0.05) is 5.56 Å². The van der Waals surface area contributed by atoms with Gasteiger partial charge in [0.2, 0.25) is 0 Å². The smallest absolute Gasteiger partial charge is 0.408 e. The Bertz CT molecular complexity index is 763. The Morgan fingerprint density at radius 2 is 1.74 bits per heavy atom. The van der Waals surface area contributed by atoms with Gasteiger partial charge in [0.15, 0.2) is 0 Å². The van der Waals surface area contributed by atoms with Gasteiger partial charge in [0.1, 0.15) is 25.1 Å². The van der Waals surface area contributed by atoms with Crippen LogP contribution in [0.1, 0.15) is 25.0 Å². The van der Waals surface area contributed by atoms with Gasteiger partial charge in [-0.2, -0.15) is 0 Å². The topological polar surface area (TPSA) is 64.6 Å². The normalized spacial score (nSPS) is 11.7. The number of amides is 1. The number of rotatable bonds is 7. The van der Waals surface area contributed by atoms with Gasteiger partial charge in [-0.15, -0.1) is 0 Å². The van der Waals surface area contributed by atoms with Crippen LogP contribution in [-0.2, 0) is 27.5 Å². The van der Waals surface area contributed by atoms with Crippen molar-refractivity contribution in [3.05, 3.63) is 70.5 Å². The number of esters is 1. The number of hydrogen-bond acceptors (Lipinski definition) is 4. The number of halogens is 2. The first-order valence-electron chi connectivity index (χ1n) is 8.45. The third-order valence-electron chi connectivity index (χ3n) is 3.83. The first kappa shape index (κ1) is 20.7. The van der Waals surface area contributed by atoms with E-state index in [2.05, 4.69) is 5.32 Å². The molecule has 1 amide bonds. The molecule has 0 aliphatic carbocycles. The molecule has 0 unspecified atom stereocenters. The van der Waals surface area contributed by atoms with Crippen molar-refractivity contribution in [1.29, 1.82) is 0 Å². The average Bonchev–Trinajstić information content (AvgIpc) is 2.64. The van der Waals surface area contributed by atoms with Crippen molar-refractivity contribution in [1.82, 2.24) is 5.32 Å². The molecule has 7 heteroatoms. The quantitative estimate of drug-likeness (QED) is 0.705. The number of ether oxygens (including phenoxy) is 2. The number of carbonyl (C=O) groups is 2. The van der Waals surface area contributed by atoms with Crippen LogP contribution in [-0.4, -0.2) is 18.1 Å². The Morgan fingerprint density at radius 3 is 2.37 bits per heavy atom. The molecule has 144 valence electrons. The fourth-order valence-electron chi connectivity index (χ4n) is 2.29. The summed E-state index contributed by atoms with van der Waals surface area (Å²) in [7, 11) is 0. The Labute approximate surface area is 162 Å². The standard InChI is InChI=1S/C20H21ClFNO4/c1-13(2)18(23-20(25)27-11-14-7-4-3-5-8-14)19(24)26-12-15-16(21)9-6-10-17(15)22/h3-10,13,18H,11-12H2,1-2H3,(H,23,25)/t18-/m0/s1. The van der Waals surface area contributed by atoms with E-state index in [0.29, 0.717) is 0 Å². The van der Waals surface area contributed by atoms with E-state index < -0.39 is 23.9 Å². The van der Waals surface area contributed by atoms with Crippen molar-refractivity contribution >= 4 is 23.7 Å². The van der Waals surface area contributed by atoms with Crippen LogP contribution in [0.15, 0.2) is 48.5 Å². The maximum atomic E-state index is 13.8. The molecule has 5 nitrogen and oxygen atoms in total. The fraction of sp³-hybridized carbons (Fsp3) is 0.300. The van der Waals surface area contributed by atoms with Crippen LogP contribution in [0.3, 0.4) is 0 Å². The highest BCUT2D eigenvalue weighted by Gasteiger charge is 2.27. The Hall–Kier alpha value is -2.60. The van der Waals surface area contributed by atoms with E-state index in [0.717, 1.165) is 5.56 Å². The fourth-order valence-corrected chi connectivity index (χ4v) is 2.51. The van der Waals surface area contributed by atoms with Gasteiger partial charge in [-0.25, -0.2) is 14.0 Å². The second-order valence-corrected chi connectivity index (χ2v) is 6.64. The number of nitrogens with one attached hydrogen (secondary N) is 1. The molecular weight excluding hydrogens is 373 g/mol. The number of hydrogen-bond donors (Lipinski definition) is 1. The van der Waals surface area contributed by atoms with E-state index in [1.54, 1.807) is 13.8 Å². The van der Waals surface area contributed by atoms with E-state index in [1.807, 2.05) is 30.3 Å². The molecule has 1 atom stereocenters. The molecule has 0 aromatic heterocycles. The summed E-state index contributed by atoms with van der Waals surface area (Å²) in [6.07, 6.45) is -0.738. The number of carbonyl (C=O) groups excluding carboxylic acids is 2. The largest absolute Gasteiger partial charge is 0.459 e. The minimum atomic E-state index is -0.932. The third-order valence-corrected chi connectivity index (χ3v) is 4.18. The lowest BCUT2D eigenvalue weighted by Gasteiger charge is -2.21. The highest BCUT2D eigenvalue weighted by Crippen LogP contribution is 2.20. The molecule has 0 aliphatic rings. The molecule has 0 aliphatic heterocycles. The summed E-state index contributed by atoms with van der Waals surface area (Å²) in [6, 6.07) is 12.4. The van der Waals surface area contributed by atoms with Crippen LogP contribution in [0.5, 0.6) is 0 Å². The van der Waals surface area contributed by atoms with Crippen molar-refractivity contribution in [3.8, 4) is 0 Å². The minimum absolute atomic E-state index is 0.0807. The first-order chi connectivity index (χ1) is 12.9. The van der Waals surface area contributed by atoms with Crippen molar-refractivity contribution < 1.29 is 23.5 Å². The van der Waals surface area contributed by atoms with Crippen molar-refractivity contribution in [2.24, 2.45) is 5.92 Å². The van der Waals surface area contributed by atoms with E-state index >= 15 is 0 Å². The minimum Gasteiger partial charge on any atom is -0.459 e. The molecule has 1 N–H and O–H groups in total.